The third kappa shape index (κ3) is 6.20. The van der Waals surface area contributed by atoms with Crippen LogP contribution in [0.2, 0.25) is 0 Å². The van der Waals surface area contributed by atoms with E-state index < -0.39 is 0 Å². The second kappa shape index (κ2) is 12.2. The zero-order chi connectivity index (χ0) is 24.6. The summed E-state index contributed by atoms with van der Waals surface area (Å²) in [7, 11) is 1.68. The summed E-state index contributed by atoms with van der Waals surface area (Å²) in [4.78, 5) is 20.1. The Labute approximate surface area is 209 Å². The maximum absolute atomic E-state index is 13.2. The summed E-state index contributed by atoms with van der Waals surface area (Å²) >= 11 is 0. The molecule has 0 spiro atoms. The molecule has 0 atom stereocenters. The fourth-order valence-electron chi connectivity index (χ4n) is 5.10. The molecule has 7 heteroatoms. The van der Waals surface area contributed by atoms with Crippen LogP contribution >= 0.6 is 0 Å². The minimum atomic E-state index is 0.128. The Bertz CT molecular complexity index is 966. The highest BCUT2D eigenvalue weighted by Gasteiger charge is 2.31. The highest BCUT2D eigenvalue weighted by molar-refractivity contribution is 5.79. The number of methoxy groups -OCH3 is 1. The molecule has 2 saturated heterocycles. The Morgan fingerprint density at radius 3 is 2.23 bits per heavy atom. The Kier molecular flexibility index (Phi) is 8.74. The average molecular weight is 482 g/mol. The number of piperazine rings is 1. The first kappa shape index (κ1) is 25.2. The molecule has 0 bridgehead atoms. The monoisotopic (exact) mass is 481 g/mol. The van der Waals surface area contributed by atoms with Gasteiger partial charge in [-0.15, -0.1) is 0 Å². The van der Waals surface area contributed by atoms with Gasteiger partial charge in [-0.2, -0.15) is 0 Å². The van der Waals surface area contributed by atoms with Gasteiger partial charge < -0.3 is 24.0 Å². The Morgan fingerprint density at radius 2 is 1.54 bits per heavy atom. The molecule has 0 aromatic heterocycles. The number of para-hydroxylation sites is 2. The van der Waals surface area contributed by atoms with E-state index in [-0.39, 0.29) is 5.92 Å². The molecule has 0 aliphatic carbocycles. The largest absolute Gasteiger partial charge is 0.493 e. The SMILES string of the molecule is CCOc1ccc(CN2CCC(C(=O)N3CCN(c4ccccc4OCC)CC3)CC2)cc1OC. The van der Waals surface area contributed by atoms with Gasteiger partial charge in [0.15, 0.2) is 11.5 Å². The second-order valence-electron chi connectivity index (χ2n) is 9.18. The van der Waals surface area contributed by atoms with Crippen LogP contribution in [0.4, 0.5) is 5.69 Å². The van der Waals surface area contributed by atoms with Gasteiger partial charge in [-0.1, -0.05) is 18.2 Å². The molecule has 0 unspecified atom stereocenters. The summed E-state index contributed by atoms with van der Waals surface area (Å²) in [5, 5.41) is 0. The highest BCUT2D eigenvalue weighted by Crippen LogP contribution is 2.31. The second-order valence-corrected chi connectivity index (χ2v) is 9.18. The number of nitrogens with zero attached hydrogens (tertiary/aromatic N) is 3. The highest BCUT2D eigenvalue weighted by atomic mass is 16.5. The van der Waals surface area contributed by atoms with E-state index in [1.807, 2.05) is 38.1 Å². The topological polar surface area (TPSA) is 54.5 Å². The van der Waals surface area contributed by atoms with Crippen molar-refractivity contribution < 1.29 is 19.0 Å². The smallest absolute Gasteiger partial charge is 0.225 e. The molecule has 1 amide bonds. The van der Waals surface area contributed by atoms with E-state index >= 15 is 0 Å². The molecule has 35 heavy (non-hydrogen) atoms. The van der Waals surface area contributed by atoms with Crippen molar-refractivity contribution in [2.75, 3.05) is 64.5 Å². The summed E-state index contributed by atoms with van der Waals surface area (Å²) in [5.41, 5.74) is 2.33. The van der Waals surface area contributed by atoms with Crippen LogP contribution in [0.1, 0.15) is 32.3 Å². The quantitative estimate of drug-likeness (QED) is 0.539. The van der Waals surface area contributed by atoms with E-state index in [4.69, 9.17) is 14.2 Å². The predicted molar refractivity (Wildman–Crippen MR) is 139 cm³/mol. The van der Waals surface area contributed by atoms with Gasteiger partial charge in [-0.05, 0) is 69.6 Å². The van der Waals surface area contributed by atoms with Gasteiger partial charge in [0.25, 0.3) is 0 Å². The molecule has 0 N–H and O–H groups in total. The first-order valence-electron chi connectivity index (χ1n) is 12.9. The summed E-state index contributed by atoms with van der Waals surface area (Å²) < 4.78 is 16.9. The number of ether oxygens (including phenoxy) is 3. The van der Waals surface area contributed by atoms with Crippen molar-refractivity contribution in [1.29, 1.82) is 0 Å². The number of anilines is 1. The fourth-order valence-corrected chi connectivity index (χ4v) is 5.10. The molecule has 2 aromatic carbocycles. The first-order chi connectivity index (χ1) is 17.1. The number of rotatable bonds is 9. The van der Waals surface area contributed by atoms with Crippen molar-refractivity contribution in [2.45, 2.75) is 33.2 Å². The van der Waals surface area contributed by atoms with Gasteiger partial charge in [0, 0.05) is 38.6 Å². The number of hydrogen-bond acceptors (Lipinski definition) is 6. The molecule has 2 aromatic rings. The summed E-state index contributed by atoms with van der Waals surface area (Å²) in [6, 6.07) is 14.3. The van der Waals surface area contributed by atoms with E-state index in [1.54, 1.807) is 7.11 Å². The number of likely N-dealkylation sites (tertiary alicyclic amines) is 1. The van der Waals surface area contributed by atoms with E-state index in [0.29, 0.717) is 19.1 Å². The Morgan fingerprint density at radius 1 is 0.857 bits per heavy atom. The lowest BCUT2D eigenvalue weighted by Crippen LogP contribution is -2.51. The average Bonchev–Trinajstić information content (AvgIpc) is 2.90. The Hall–Kier alpha value is -2.93. The lowest BCUT2D eigenvalue weighted by molar-refractivity contribution is -0.137. The van der Waals surface area contributed by atoms with Gasteiger partial charge in [0.1, 0.15) is 5.75 Å². The number of hydrogen-bond donors (Lipinski definition) is 0. The van der Waals surface area contributed by atoms with Gasteiger partial charge in [-0.3, -0.25) is 9.69 Å². The first-order valence-corrected chi connectivity index (χ1v) is 12.9. The minimum absolute atomic E-state index is 0.128. The lowest BCUT2D eigenvalue weighted by atomic mass is 9.94. The standard InChI is InChI=1S/C28H39N3O4/c1-4-34-25-9-7-6-8-24(25)30-16-18-31(19-17-30)28(32)23-12-14-29(15-13-23)21-22-10-11-26(35-5-2)27(20-22)33-3/h6-11,20,23H,4-5,12-19,21H2,1-3H3. The van der Waals surface area contributed by atoms with Crippen molar-refractivity contribution >= 4 is 11.6 Å². The fraction of sp³-hybridized carbons (Fsp3) is 0.536. The van der Waals surface area contributed by atoms with Crippen LogP contribution in [0.15, 0.2) is 42.5 Å². The molecule has 4 rings (SSSR count). The third-order valence-corrected chi connectivity index (χ3v) is 6.97. The third-order valence-electron chi connectivity index (χ3n) is 6.97. The molecule has 2 aliphatic rings. The van der Waals surface area contributed by atoms with Gasteiger partial charge in [0.2, 0.25) is 5.91 Å². The van der Waals surface area contributed by atoms with Crippen LogP contribution in [-0.2, 0) is 11.3 Å². The van der Waals surface area contributed by atoms with Crippen LogP contribution in [0.5, 0.6) is 17.2 Å². The number of benzene rings is 2. The Balaban J connectivity index is 1.26. The summed E-state index contributed by atoms with van der Waals surface area (Å²) in [5.74, 6) is 2.93. The summed E-state index contributed by atoms with van der Waals surface area (Å²) in [6.45, 7) is 11.2. The van der Waals surface area contributed by atoms with E-state index in [2.05, 4.69) is 32.9 Å². The van der Waals surface area contributed by atoms with Crippen molar-refractivity contribution in [1.82, 2.24) is 9.80 Å². The zero-order valence-electron chi connectivity index (χ0n) is 21.4. The molecule has 0 saturated carbocycles. The molecular weight excluding hydrogens is 442 g/mol. The molecule has 190 valence electrons. The van der Waals surface area contributed by atoms with Gasteiger partial charge in [0.05, 0.1) is 26.0 Å². The summed E-state index contributed by atoms with van der Waals surface area (Å²) in [6.07, 6.45) is 1.83. The van der Waals surface area contributed by atoms with Gasteiger partial charge >= 0.3 is 0 Å². The zero-order valence-corrected chi connectivity index (χ0v) is 21.4. The van der Waals surface area contributed by atoms with Crippen LogP contribution in [-0.4, -0.2) is 75.3 Å². The molecule has 2 aliphatic heterocycles. The van der Waals surface area contributed by atoms with E-state index in [0.717, 1.165) is 81.6 Å². The number of amides is 1. The number of carbonyl (C=O) groups excluding carboxylic acids is 1. The van der Waals surface area contributed by atoms with Gasteiger partial charge in [-0.25, -0.2) is 0 Å². The molecule has 2 heterocycles. The maximum atomic E-state index is 13.2. The van der Waals surface area contributed by atoms with Crippen LogP contribution in [0.3, 0.4) is 0 Å². The van der Waals surface area contributed by atoms with Crippen molar-refractivity contribution in [2.24, 2.45) is 5.92 Å². The predicted octanol–water partition coefficient (Wildman–Crippen LogP) is 4.05. The van der Waals surface area contributed by atoms with Crippen molar-refractivity contribution in [3.63, 3.8) is 0 Å². The van der Waals surface area contributed by atoms with Crippen molar-refractivity contribution in [3.8, 4) is 17.2 Å². The van der Waals surface area contributed by atoms with Crippen LogP contribution < -0.4 is 19.1 Å². The minimum Gasteiger partial charge on any atom is -0.493 e. The number of piperidine rings is 1. The van der Waals surface area contributed by atoms with Crippen LogP contribution in [0.25, 0.3) is 0 Å². The van der Waals surface area contributed by atoms with E-state index in [9.17, 15) is 4.79 Å². The number of carbonyl (C=O) groups is 1. The normalized spacial score (nSPS) is 17.3. The lowest BCUT2D eigenvalue weighted by Gasteiger charge is -2.39. The van der Waals surface area contributed by atoms with Crippen LogP contribution in [0, 0.1) is 5.92 Å². The molecule has 2 fully saturated rings. The van der Waals surface area contributed by atoms with E-state index in [1.165, 1.54) is 5.56 Å². The molecule has 7 nitrogen and oxygen atoms in total. The molecular formula is C28H39N3O4. The molecule has 0 radical (unpaired) electrons. The van der Waals surface area contributed by atoms with Crippen molar-refractivity contribution in [3.05, 3.63) is 48.0 Å². The maximum Gasteiger partial charge on any atom is 0.225 e.